The van der Waals surface area contributed by atoms with Gasteiger partial charge in [-0.3, -0.25) is 4.79 Å². The van der Waals surface area contributed by atoms with Crippen molar-refractivity contribution in [1.82, 2.24) is 4.90 Å². The molecule has 118 valence electrons. The number of amides is 1. The Morgan fingerprint density at radius 3 is 2.55 bits per heavy atom. The van der Waals surface area contributed by atoms with Crippen molar-refractivity contribution in [3.8, 4) is 0 Å². The minimum absolute atomic E-state index is 0.00761. The molecule has 1 N–H and O–H groups in total. The van der Waals surface area contributed by atoms with Crippen molar-refractivity contribution in [3.63, 3.8) is 0 Å². The molecule has 1 amide bonds. The van der Waals surface area contributed by atoms with Crippen LogP contribution in [0.4, 0.5) is 8.78 Å². The molecule has 0 unspecified atom stereocenters. The van der Waals surface area contributed by atoms with Gasteiger partial charge < -0.3 is 10.0 Å². The third-order valence-electron chi connectivity index (χ3n) is 2.87. The van der Waals surface area contributed by atoms with Crippen LogP contribution < -0.4 is 0 Å². The molecule has 0 spiro atoms. The van der Waals surface area contributed by atoms with E-state index >= 15 is 0 Å². The van der Waals surface area contributed by atoms with E-state index in [4.69, 9.17) is 5.11 Å². The van der Waals surface area contributed by atoms with Crippen molar-refractivity contribution in [2.75, 3.05) is 19.7 Å². The van der Waals surface area contributed by atoms with E-state index in [1.165, 1.54) is 17.1 Å². The maximum Gasteiger partial charge on any atom is 0.257 e. The summed E-state index contributed by atoms with van der Waals surface area (Å²) in [7, 11) is 0. The van der Waals surface area contributed by atoms with Gasteiger partial charge in [-0.25, -0.2) is 8.78 Å². The normalized spacial score (nSPS) is 11.2. The van der Waals surface area contributed by atoms with Gasteiger partial charge in [0.15, 0.2) is 0 Å². The van der Waals surface area contributed by atoms with E-state index in [0.717, 1.165) is 6.07 Å². The molecule has 3 nitrogen and oxygen atoms in total. The van der Waals surface area contributed by atoms with Crippen LogP contribution in [0.1, 0.15) is 10.4 Å². The quantitative estimate of drug-likeness (QED) is 0.588. The number of carbonyl (C=O) groups is 1. The summed E-state index contributed by atoms with van der Waals surface area (Å²) in [4.78, 5) is 13.7. The molecule has 0 radical (unpaired) electrons. The minimum atomic E-state index is -0.957. The molecule has 0 heterocycles. The second-order valence-corrected chi connectivity index (χ2v) is 5.23. The highest BCUT2D eigenvalue weighted by Gasteiger charge is 2.21. The lowest BCUT2D eigenvalue weighted by atomic mass is 10.1. The predicted molar refractivity (Wildman–Crippen MR) is 85.5 cm³/mol. The smallest absolute Gasteiger partial charge is 0.257 e. The van der Waals surface area contributed by atoms with Crippen LogP contribution in [0, 0.1) is 11.6 Å². The van der Waals surface area contributed by atoms with E-state index < -0.39 is 17.5 Å². The number of aliphatic hydroxyl groups is 1. The summed E-state index contributed by atoms with van der Waals surface area (Å²) in [6.45, 7) is 7.03. The topological polar surface area (TPSA) is 40.5 Å². The van der Waals surface area contributed by atoms with Gasteiger partial charge in [-0.2, -0.15) is 0 Å². The number of hydrogen-bond acceptors (Lipinski definition) is 2. The average Bonchev–Trinajstić information content (AvgIpc) is 2.49. The zero-order valence-corrected chi connectivity index (χ0v) is 13.4. The summed E-state index contributed by atoms with van der Waals surface area (Å²) in [5.41, 5.74) is 0.405. The van der Waals surface area contributed by atoms with Crippen molar-refractivity contribution in [1.29, 1.82) is 0 Å². The van der Waals surface area contributed by atoms with Crippen LogP contribution in [0.15, 0.2) is 53.6 Å². The van der Waals surface area contributed by atoms with Gasteiger partial charge in [-0.1, -0.05) is 31.4 Å². The lowest BCUT2D eigenvalue weighted by molar-refractivity contribution is 0.0734. The Labute approximate surface area is 136 Å². The summed E-state index contributed by atoms with van der Waals surface area (Å²) in [6.07, 6.45) is 4.73. The Kier molecular flexibility index (Phi) is 7.14. The summed E-state index contributed by atoms with van der Waals surface area (Å²) >= 11 is 2.92. The number of hydrogen-bond donors (Lipinski definition) is 1. The van der Waals surface area contributed by atoms with E-state index in [-0.39, 0.29) is 29.7 Å². The van der Waals surface area contributed by atoms with Crippen LogP contribution >= 0.6 is 15.9 Å². The van der Waals surface area contributed by atoms with Gasteiger partial charge in [0.2, 0.25) is 0 Å². The standard InChI is InChI=1S/C16H16BrF2NO2/c1-3-5-11(4-2)10-20(6-7-21)16(22)12-8-13(17)15(19)9-14(12)18/h3-5,8-9,21H,1-2,6-7,10H2/b11-5+. The summed E-state index contributed by atoms with van der Waals surface area (Å²) in [5, 5.41) is 9.09. The number of halogens is 3. The molecule has 0 aliphatic carbocycles. The number of carbonyl (C=O) groups excluding carboxylic acids is 1. The number of nitrogens with zero attached hydrogens (tertiary/aromatic N) is 1. The lowest BCUT2D eigenvalue weighted by Crippen LogP contribution is -2.35. The predicted octanol–water partition coefficient (Wildman–Crippen LogP) is 3.46. The second-order valence-electron chi connectivity index (χ2n) is 4.38. The molecule has 1 aromatic carbocycles. The van der Waals surface area contributed by atoms with Crippen molar-refractivity contribution in [2.45, 2.75) is 0 Å². The Hall–Kier alpha value is -1.79. The number of benzene rings is 1. The highest BCUT2D eigenvalue weighted by molar-refractivity contribution is 9.10. The average molecular weight is 372 g/mol. The molecular formula is C16H16BrF2NO2. The molecular weight excluding hydrogens is 356 g/mol. The summed E-state index contributed by atoms with van der Waals surface area (Å²) in [6, 6.07) is 1.73. The first kappa shape index (κ1) is 18.3. The molecule has 0 aromatic heterocycles. The Morgan fingerprint density at radius 1 is 1.32 bits per heavy atom. The fourth-order valence-electron chi connectivity index (χ4n) is 1.79. The van der Waals surface area contributed by atoms with Gasteiger partial charge >= 0.3 is 0 Å². The maximum absolute atomic E-state index is 13.8. The number of aliphatic hydroxyl groups excluding tert-OH is 1. The second kappa shape index (κ2) is 8.60. The van der Waals surface area contributed by atoms with Gasteiger partial charge in [-0.05, 0) is 27.6 Å². The highest BCUT2D eigenvalue weighted by atomic mass is 79.9. The Balaban J connectivity index is 3.13. The number of rotatable bonds is 7. The van der Waals surface area contributed by atoms with Crippen LogP contribution in [0.3, 0.4) is 0 Å². The molecule has 6 heteroatoms. The fourth-order valence-corrected chi connectivity index (χ4v) is 2.13. The van der Waals surface area contributed by atoms with Gasteiger partial charge in [0, 0.05) is 19.2 Å². The van der Waals surface area contributed by atoms with Gasteiger partial charge in [0.1, 0.15) is 11.6 Å². The molecule has 1 aromatic rings. The van der Waals surface area contributed by atoms with Crippen molar-refractivity contribution >= 4 is 21.8 Å². The first-order chi connectivity index (χ1) is 10.4. The maximum atomic E-state index is 13.8. The van der Waals surface area contributed by atoms with Crippen molar-refractivity contribution in [2.24, 2.45) is 0 Å². The van der Waals surface area contributed by atoms with Crippen LogP contribution in [0.25, 0.3) is 0 Å². The fraction of sp³-hybridized carbons (Fsp3) is 0.188. The molecule has 0 saturated carbocycles. The van der Waals surface area contributed by atoms with Crippen LogP contribution in [0.2, 0.25) is 0 Å². The molecule has 22 heavy (non-hydrogen) atoms. The zero-order valence-electron chi connectivity index (χ0n) is 11.9. The van der Waals surface area contributed by atoms with Gasteiger partial charge in [0.25, 0.3) is 5.91 Å². The van der Waals surface area contributed by atoms with Gasteiger partial charge in [0.05, 0.1) is 16.6 Å². The van der Waals surface area contributed by atoms with Crippen molar-refractivity contribution in [3.05, 3.63) is 70.8 Å². The molecule has 0 aliphatic rings. The number of allylic oxidation sites excluding steroid dienone is 2. The molecule has 0 fully saturated rings. The third kappa shape index (κ3) is 4.61. The molecule has 0 atom stereocenters. The highest BCUT2D eigenvalue weighted by Crippen LogP contribution is 2.21. The Bertz CT molecular complexity index is 614. The summed E-state index contributed by atoms with van der Waals surface area (Å²) in [5.74, 6) is -2.40. The monoisotopic (exact) mass is 371 g/mol. The van der Waals surface area contributed by atoms with E-state index in [1.807, 2.05) is 0 Å². The molecule has 0 aliphatic heterocycles. The van der Waals surface area contributed by atoms with Gasteiger partial charge in [-0.15, -0.1) is 0 Å². The SMILES string of the molecule is C=C/C=C(\C=C)CN(CCO)C(=O)c1cc(Br)c(F)cc1F. The molecule has 0 saturated heterocycles. The van der Waals surface area contributed by atoms with E-state index in [0.29, 0.717) is 11.6 Å². The first-order valence-corrected chi connectivity index (χ1v) is 7.22. The lowest BCUT2D eigenvalue weighted by Gasteiger charge is -2.22. The largest absolute Gasteiger partial charge is 0.395 e. The molecule has 1 rings (SSSR count). The van der Waals surface area contributed by atoms with E-state index in [2.05, 4.69) is 29.1 Å². The summed E-state index contributed by atoms with van der Waals surface area (Å²) < 4.78 is 27.1. The van der Waals surface area contributed by atoms with Crippen molar-refractivity contribution < 1.29 is 18.7 Å². The van der Waals surface area contributed by atoms with Crippen LogP contribution in [0.5, 0.6) is 0 Å². The zero-order chi connectivity index (χ0) is 16.7. The van der Waals surface area contributed by atoms with E-state index in [1.54, 1.807) is 6.08 Å². The third-order valence-corrected chi connectivity index (χ3v) is 3.47. The Morgan fingerprint density at radius 2 is 2.00 bits per heavy atom. The minimum Gasteiger partial charge on any atom is -0.395 e. The van der Waals surface area contributed by atoms with E-state index in [9.17, 15) is 13.6 Å². The van der Waals surface area contributed by atoms with Crippen LogP contribution in [-0.4, -0.2) is 35.6 Å². The molecule has 0 bridgehead atoms. The van der Waals surface area contributed by atoms with Crippen LogP contribution in [-0.2, 0) is 0 Å². The first-order valence-electron chi connectivity index (χ1n) is 6.43.